The van der Waals surface area contributed by atoms with Gasteiger partial charge in [-0.25, -0.2) is 18.7 Å². The minimum Gasteiger partial charge on any atom is -0.468 e. The summed E-state index contributed by atoms with van der Waals surface area (Å²) in [5.41, 5.74) is 13.4. The standard InChI is InChI=1S/C20H24F2N4O3/c1-11-3-4-13(29-10-28-2)9-14(11)16-15(23)17(18(24)27)26-19(25-16)12-5-7-20(21,22)8-6-12/h3-4,9,12H,5-8,10,23H2,1-2H3,(H2,24,27). The van der Waals surface area contributed by atoms with E-state index in [4.69, 9.17) is 20.9 Å². The average molecular weight is 406 g/mol. The highest BCUT2D eigenvalue weighted by Gasteiger charge is 2.37. The first kappa shape index (κ1) is 20.9. The second kappa shape index (κ2) is 8.28. The molecule has 7 nitrogen and oxygen atoms in total. The molecule has 0 bridgehead atoms. The predicted octanol–water partition coefficient (Wildman–Crippen LogP) is 3.41. The Bertz CT molecular complexity index is 911. The summed E-state index contributed by atoms with van der Waals surface area (Å²) in [5.74, 6) is -2.92. The van der Waals surface area contributed by atoms with Crippen molar-refractivity contribution in [2.75, 3.05) is 19.6 Å². The van der Waals surface area contributed by atoms with Crippen molar-refractivity contribution in [2.45, 2.75) is 44.4 Å². The van der Waals surface area contributed by atoms with E-state index in [-0.39, 0.29) is 49.8 Å². The van der Waals surface area contributed by atoms with Crippen LogP contribution in [-0.2, 0) is 4.74 Å². The number of carbonyl (C=O) groups is 1. The van der Waals surface area contributed by atoms with Crippen LogP contribution in [0, 0.1) is 6.92 Å². The number of alkyl halides is 2. The molecule has 1 aromatic carbocycles. The summed E-state index contributed by atoms with van der Waals surface area (Å²) in [7, 11) is 1.51. The summed E-state index contributed by atoms with van der Waals surface area (Å²) in [6.45, 7) is 1.93. The molecule has 1 saturated carbocycles. The van der Waals surface area contributed by atoms with Crippen molar-refractivity contribution in [3.63, 3.8) is 0 Å². The second-order valence-corrected chi connectivity index (χ2v) is 7.21. The molecule has 1 fully saturated rings. The maximum absolute atomic E-state index is 13.5. The first-order valence-electron chi connectivity index (χ1n) is 9.29. The predicted molar refractivity (Wildman–Crippen MR) is 104 cm³/mol. The third kappa shape index (κ3) is 4.61. The monoisotopic (exact) mass is 406 g/mol. The Hall–Kier alpha value is -2.81. The molecule has 1 aliphatic rings. The molecule has 29 heavy (non-hydrogen) atoms. The van der Waals surface area contributed by atoms with Gasteiger partial charge in [0.15, 0.2) is 12.5 Å². The zero-order valence-electron chi connectivity index (χ0n) is 16.4. The minimum absolute atomic E-state index is 0.0504. The number of aromatic nitrogens is 2. The van der Waals surface area contributed by atoms with Crippen LogP contribution >= 0.6 is 0 Å². The first-order valence-corrected chi connectivity index (χ1v) is 9.29. The van der Waals surface area contributed by atoms with Crippen molar-refractivity contribution in [3.8, 4) is 17.0 Å². The number of ether oxygens (including phenoxy) is 2. The average Bonchev–Trinajstić information content (AvgIpc) is 2.67. The Labute approximate surface area is 167 Å². The Morgan fingerprint density at radius 3 is 2.59 bits per heavy atom. The molecule has 9 heteroatoms. The number of primary amides is 1. The highest BCUT2D eigenvalue weighted by atomic mass is 19.3. The number of nitrogens with two attached hydrogens (primary N) is 2. The zero-order chi connectivity index (χ0) is 21.2. The number of benzene rings is 1. The lowest BCUT2D eigenvalue weighted by atomic mass is 9.86. The summed E-state index contributed by atoms with van der Waals surface area (Å²) in [4.78, 5) is 20.7. The van der Waals surface area contributed by atoms with E-state index >= 15 is 0 Å². The number of amides is 1. The number of nitrogen functional groups attached to an aromatic ring is 1. The van der Waals surface area contributed by atoms with Gasteiger partial charge in [-0.1, -0.05) is 6.07 Å². The molecule has 4 N–H and O–H groups in total. The van der Waals surface area contributed by atoms with Crippen molar-refractivity contribution >= 4 is 11.6 Å². The molecule has 1 heterocycles. The number of aryl methyl sites for hydroxylation is 1. The summed E-state index contributed by atoms with van der Waals surface area (Å²) in [5, 5.41) is 0. The van der Waals surface area contributed by atoms with E-state index in [9.17, 15) is 13.6 Å². The van der Waals surface area contributed by atoms with Gasteiger partial charge < -0.3 is 20.9 Å². The van der Waals surface area contributed by atoms with Crippen molar-refractivity contribution in [3.05, 3.63) is 35.3 Å². The molecule has 1 aliphatic carbocycles. The van der Waals surface area contributed by atoms with Crippen LogP contribution in [-0.4, -0.2) is 35.7 Å². The van der Waals surface area contributed by atoms with E-state index in [0.717, 1.165) is 5.56 Å². The fourth-order valence-corrected chi connectivity index (χ4v) is 3.43. The number of nitrogens with zero attached hydrogens (tertiary/aromatic N) is 2. The van der Waals surface area contributed by atoms with E-state index < -0.39 is 11.8 Å². The van der Waals surface area contributed by atoms with Crippen LogP contribution in [0.3, 0.4) is 0 Å². The fraction of sp³-hybridized carbons (Fsp3) is 0.450. The van der Waals surface area contributed by atoms with E-state index in [1.54, 1.807) is 12.1 Å². The highest BCUT2D eigenvalue weighted by molar-refractivity contribution is 5.99. The van der Waals surface area contributed by atoms with Crippen LogP contribution < -0.4 is 16.2 Å². The minimum atomic E-state index is -2.68. The summed E-state index contributed by atoms with van der Waals surface area (Å²) < 4.78 is 37.5. The number of rotatable bonds is 6. The second-order valence-electron chi connectivity index (χ2n) is 7.21. The van der Waals surface area contributed by atoms with Crippen LogP contribution in [0.25, 0.3) is 11.3 Å². The number of halogens is 2. The molecule has 2 aromatic rings. The number of anilines is 1. The molecular weight excluding hydrogens is 382 g/mol. The van der Waals surface area contributed by atoms with E-state index in [0.29, 0.717) is 22.8 Å². The molecule has 3 rings (SSSR count). The third-order valence-corrected chi connectivity index (χ3v) is 5.09. The molecule has 0 unspecified atom stereocenters. The molecule has 0 radical (unpaired) electrons. The lowest BCUT2D eigenvalue weighted by molar-refractivity contribution is -0.0387. The Balaban J connectivity index is 2.07. The molecule has 0 saturated heterocycles. The summed E-state index contributed by atoms with van der Waals surface area (Å²) >= 11 is 0. The summed E-state index contributed by atoms with van der Waals surface area (Å²) in [6.07, 6.45) is -0.0346. The molecule has 0 spiro atoms. The molecule has 1 aromatic heterocycles. The molecule has 0 atom stereocenters. The Morgan fingerprint density at radius 1 is 1.28 bits per heavy atom. The van der Waals surface area contributed by atoms with Gasteiger partial charge in [0.1, 0.15) is 11.6 Å². The third-order valence-electron chi connectivity index (χ3n) is 5.09. The maximum atomic E-state index is 13.5. The van der Waals surface area contributed by atoms with E-state index in [1.165, 1.54) is 7.11 Å². The first-order chi connectivity index (χ1) is 13.7. The smallest absolute Gasteiger partial charge is 0.269 e. The number of hydrogen-bond acceptors (Lipinski definition) is 6. The van der Waals surface area contributed by atoms with Crippen LogP contribution in [0.15, 0.2) is 18.2 Å². The van der Waals surface area contributed by atoms with Gasteiger partial charge in [-0.05, 0) is 37.5 Å². The highest BCUT2D eigenvalue weighted by Crippen LogP contribution is 2.41. The lowest BCUT2D eigenvalue weighted by Gasteiger charge is -2.27. The van der Waals surface area contributed by atoms with Crippen molar-refractivity contribution in [1.29, 1.82) is 0 Å². The van der Waals surface area contributed by atoms with Crippen molar-refractivity contribution in [1.82, 2.24) is 9.97 Å². The fourth-order valence-electron chi connectivity index (χ4n) is 3.43. The van der Waals surface area contributed by atoms with E-state index in [1.807, 2.05) is 13.0 Å². The van der Waals surface area contributed by atoms with Gasteiger partial charge in [0.25, 0.3) is 5.91 Å². The van der Waals surface area contributed by atoms with Gasteiger partial charge in [0.2, 0.25) is 5.92 Å². The lowest BCUT2D eigenvalue weighted by Crippen LogP contribution is -2.26. The van der Waals surface area contributed by atoms with Gasteiger partial charge >= 0.3 is 0 Å². The van der Waals surface area contributed by atoms with Crippen LogP contribution in [0.1, 0.15) is 53.5 Å². The Morgan fingerprint density at radius 2 is 1.97 bits per heavy atom. The topological polar surface area (TPSA) is 113 Å². The van der Waals surface area contributed by atoms with Gasteiger partial charge in [-0.3, -0.25) is 4.79 Å². The molecule has 0 aliphatic heterocycles. The van der Waals surface area contributed by atoms with Crippen LogP contribution in [0.5, 0.6) is 5.75 Å². The SMILES string of the molecule is COCOc1ccc(C)c(-c2nc(C3CCC(F)(F)CC3)nc(C(N)=O)c2N)c1. The normalized spacial score (nSPS) is 16.6. The van der Waals surface area contributed by atoms with Crippen molar-refractivity contribution < 1.29 is 23.0 Å². The van der Waals surface area contributed by atoms with Gasteiger partial charge in [0.05, 0.1) is 11.4 Å². The zero-order valence-corrected chi connectivity index (χ0v) is 16.4. The molecule has 156 valence electrons. The molecular formula is C20H24F2N4O3. The van der Waals surface area contributed by atoms with Gasteiger partial charge in [-0.15, -0.1) is 0 Å². The van der Waals surface area contributed by atoms with Crippen molar-refractivity contribution in [2.24, 2.45) is 5.73 Å². The number of methoxy groups -OCH3 is 1. The van der Waals surface area contributed by atoms with E-state index in [2.05, 4.69) is 9.97 Å². The summed E-state index contributed by atoms with van der Waals surface area (Å²) in [6, 6.07) is 5.33. The number of carbonyl (C=O) groups excluding carboxylic acids is 1. The Kier molecular flexibility index (Phi) is 5.97. The number of hydrogen-bond donors (Lipinski definition) is 2. The maximum Gasteiger partial charge on any atom is 0.269 e. The van der Waals surface area contributed by atoms with Gasteiger partial charge in [0, 0.05) is 31.4 Å². The van der Waals surface area contributed by atoms with Crippen LogP contribution in [0.4, 0.5) is 14.5 Å². The van der Waals surface area contributed by atoms with Gasteiger partial charge in [-0.2, -0.15) is 0 Å². The molecule has 1 amide bonds. The van der Waals surface area contributed by atoms with Crippen LogP contribution in [0.2, 0.25) is 0 Å². The largest absolute Gasteiger partial charge is 0.468 e. The quantitative estimate of drug-likeness (QED) is 0.711.